The van der Waals surface area contributed by atoms with E-state index in [1.807, 2.05) is 42.5 Å². The van der Waals surface area contributed by atoms with E-state index in [0.717, 1.165) is 34.8 Å². The van der Waals surface area contributed by atoms with Gasteiger partial charge in [-0.25, -0.2) is 8.42 Å². The number of rotatable bonds is 8. The van der Waals surface area contributed by atoms with Gasteiger partial charge in [0, 0.05) is 3.57 Å². The molecule has 178 valence electrons. The van der Waals surface area contributed by atoms with Crippen molar-refractivity contribution in [2.75, 3.05) is 12.4 Å². The van der Waals surface area contributed by atoms with E-state index < -0.39 is 22.0 Å². The second-order valence-corrected chi connectivity index (χ2v) is 11.3. The average molecular weight is 590 g/mol. The number of sulfonamides is 1. The van der Waals surface area contributed by atoms with Crippen LogP contribution < -0.4 is 14.8 Å². The Labute approximate surface area is 214 Å². The normalized spacial score (nSPS) is 14.2. The van der Waals surface area contributed by atoms with Crippen LogP contribution in [0.4, 0.5) is 5.69 Å². The maximum atomic E-state index is 13.4. The molecule has 2 N–H and O–H groups in total. The molecule has 0 aromatic heterocycles. The summed E-state index contributed by atoms with van der Waals surface area (Å²) >= 11 is 2.12. The minimum absolute atomic E-state index is 0.116. The van der Waals surface area contributed by atoms with Gasteiger partial charge in [0.1, 0.15) is 11.8 Å². The summed E-state index contributed by atoms with van der Waals surface area (Å²) in [6.07, 6.45) is 4.41. The smallest absolute Gasteiger partial charge is 0.243 e. The number of aryl methyl sites for hydroxylation is 2. The molecule has 1 amide bonds. The summed E-state index contributed by atoms with van der Waals surface area (Å²) in [4.78, 5) is 13.5. The number of carbonyl (C=O) groups is 1. The lowest BCUT2D eigenvalue weighted by Crippen LogP contribution is -2.45. The minimum Gasteiger partial charge on any atom is -0.495 e. The molecule has 3 aromatic carbocycles. The van der Waals surface area contributed by atoms with Gasteiger partial charge in [0.2, 0.25) is 15.9 Å². The van der Waals surface area contributed by atoms with Gasteiger partial charge in [-0.3, -0.25) is 4.79 Å². The Hall–Kier alpha value is -2.43. The van der Waals surface area contributed by atoms with Crippen molar-refractivity contribution < 1.29 is 17.9 Å². The molecule has 0 saturated heterocycles. The molecule has 3 aromatic rings. The van der Waals surface area contributed by atoms with Gasteiger partial charge in [-0.1, -0.05) is 30.3 Å². The van der Waals surface area contributed by atoms with Gasteiger partial charge in [-0.15, -0.1) is 0 Å². The summed E-state index contributed by atoms with van der Waals surface area (Å²) in [5.41, 5.74) is 3.84. The fourth-order valence-corrected chi connectivity index (χ4v) is 5.71. The summed E-state index contributed by atoms with van der Waals surface area (Å²) in [5.74, 6) is 0.139. The third kappa shape index (κ3) is 5.97. The molecule has 0 unspecified atom stereocenters. The second-order valence-electron chi connectivity index (χ2n) is 8.34. The summed E-state index contributed by atoms with van der Waals surface area (Å²) in [7, 11) is -2.34. The zero-order valence-electron chi connectivity index (χ0n) is 18.9. The molecule has 0 saturated carbocycles. The van der Waals surface area contributed by atoms with Crippen LogP contribution in [0.5, 0.6) is 5.75 Å². The number of halogens is 1. The van der Waals surface area contributed by atoms with Crippen molar-refractivity contribution >= 4 is 44.2 Å². The third-order valence-electron chi connectivity index (χ3n) is 5.94. The van der Waals surface area contributed by atoms with Crippen molar-refractivity contribution in [3.05, 3.63) is 87.0 Å². The second kappa shape index (κ2) is 10.9. The van der Waals surface area contributed by atoms with Gasteiger partial charge < -0.3 is 10.1 Å². The van der Waals surface area contributed by atoms with E-state index in [4.69, 9.17) is 4.74 Å². The zero-order valence-corrected chi connectivity index (χ0v) is 21.9. The lowest BCUT2D eigenvalue weighted by molar-refractivity contribution is -0.117. The summed E-state index contributed by atoms with van der Waals surface area (Å²) in [6, 6.07) is 18.8. The first-order valence-electron chi connectivity index (χ1n) is 11.2. The van der Waals surface area contributed by atoms with Crippen LogP contribution in [-0.4, -0.2) is 27.5 Å². The van der Waals surface area contributed by atoms with E-state index in [-0.39, 0.29) is 11.3 Å². The molecule has 0 aliphatic heterocycles. The number of methoxy groups -OCH3 is 1. The molecule has 1 atom stereocenters. The van der Waals surface area contributed by atoms with E-state index in [2.05, 4.69) is 32.6 Å². The minimum atomic E-state index is -3.91. The zero-order chi connectivity index (χ0) is 24.1. The largest absolute Gasteiger partial charge is 0.495 e. The topological polar surface area (TPSA) is 84.5 Å². The molecule has 4 rings (SSSR count). The van der Waals surface area contributed by atoms with Crippen LogP contribution in [0.2, 0.25) is 0 Å². The number of nitrogens with one attached hydrogen (secondary N) is 2. The Balaban J connectivity index is 1.62. The highest BCUT2D eigenvalue weighted by molar-refractivity contribution is 14.1. The highest BCUT2D eigenvalue weighted by Gasteiger charge is 2.27. The summed E-state index contributed by atoms with van der Waals surface area (Å²) in [5, 5.41) is 2.92. The highest BCUT2D eigenvalue weighted by Crippen LogP contribution is 2.33. The number of anilines is 1. The Kier molecular flexibility index (Phi) is 7.90. The molecule has 0 fully saturated rings. The lowest BCUT2D eigenvalue weighted by atomic mass is 9.91. The third-order valence-corrected chi connectivity index (χ3v) is 8.15. The van der Waals surface area contributed by atoms with Crippen molar-refractivity contribution in [3.63, 3.8) is 0 Å². The molecular weight excluding hydrogens is 563 g/mol. The number of amides is 1. The first-order chi connectivity index (χ1) is 16.4. The van der Waals surface area contributed by atoms with Crippen molar-refractivity contribution in [3.8, 4) is 5.75 Å². The summed E-state index contributed by atoms with van der Waals surface area (Å²) < 4.78 is 35.3. The van der Waals surface area contributed by atoms with Crippen LogP contribution in [0.1, 0.15) is 29.5 Å². The Morgan fingerprint density at radius 1 is 1.00 bits per heavy atom. The molecule has 0 spiro atoms. The number of hydrogen-bond donors (Lipinski definition) is 2. The van der Waals surface area contributed by atoms with Crippen molar-refractivity contribution in [1.82, 2.24) is 4.72 Å². The molecular formula is C26H27IN2O4S. The number of carbonyl (C=O) groups excluding carboxylic acids is 1. The van der Waals surface area contributed by atoms with Gasteiger partial charge in [-0.2, -0.15) is 4.72 Å². The van der Waals surface area contributed by atoms with Gasteiger partial charge in [-0.05, 0) is 108 Å². The van der Waals surface area contributed by atoms with E-state index in [1.54, 1.807) is 19.2 Å². The molecule has 1 aliphatic rings. The highest BCUT2D eigenvalue weighted by atomic mass is 127. The lowest BCUT2D eigenvalue weighted by Gasteiger charge is -2.22. The maximum absolute atomic E-state index is 13.4. The summed E-state index contributed by atoms with van der Waals surface area (Å²) in [6.45, 7) is 0. The molecule has 6 nitrogen and oxygen atoms in total. The van der Waals surface area contributed by atoms with Crippen molar-refractivity contribution in [2.45, 2.75) is 43.0 Å². The number of benzene rings is 3. The average Bonchev–Trinajstić information content (AvgIpc) is 2.84. The van der Waals surface area contributed by atoms with E-state index in [1.165, 1.54) is 23.3 Å². The molecule has 8 heteroatoms. The molecule has 34 heavy (non-hydrogen) atoms. The van der Waals surface area contributed by atoms with Crippen LogP contribution >= 0.6 is 22.6 Å². The van der Waals surface area contributed by atoms with Crippen LogP contribution in [0, 0.1) is 3.57 Å². The molecule has 1 aliphatic carbocycles. The van der Waals surface area contributed by atoms with Gasteiger partial charge in [0.25, 0.3) is 0 Å². The molecule has 0 bridgehead atoms. The maximum Gasteiger partial charge on any atom is 0.243 e. The number of hydrogen-bond acceptors (Lipinski definition) is 4. The van der Waals surface area contributed by atoms with Gasteiger partial charge in [0.15, 0.2) is 0 Å². The fourth-order valence-electron chi connectivity index (χ4n) is 4.16. The Bertz CT molecular complexity index is 1260. The predicted molar refractivity (Wildman–Crippen MR) is 142 cm³/mol. The van der Waals surface area contributed by atoms with Crippen LogP contribution in [0.25, 0.3) is 0 Å². The monoisotopic (exact) mass is 590 g/mol. The first-order valence-corrected chi connectivity index (χ1v) is 13.7. The Morgan fingerprint density at radius 3 is 2.29 bits per heavy atom. The van der Waals surface area contributed by atoms with Crippen LogP contribution in [0.15, 0.2) is 71.6 Å². The number of ether oxygens (including phenoxy) is 1. The van der Waals surface area contributed by atoms with E-state index in [9.17, 15) is 13.2 Å². The SMILES string of the molecule is COc1cc2c(cc1NC(=O)[C@@H](Cc1ccccc1)NS(=O)(=O)c1ccc(I)cc1)CCCC2. The standard InChI is InChI=1S/C26H27IN2O4S/c1-33-25-17-20-10-6-5-9-19(20)16-23(25)28-26(30)24(15-18-7-3-2-4-8-18)29-34(31,32)22-13-11-21(27)12-14-22/h2-4,7-8,11-14,16-17,24,29H,5-6,9-10,15H2,1H3,(H,28,30)/t24-/m1/s1. The van der Waals surface area contributed by atoms with E-state index in [0.29, 0.717) is 11.4 Å². The first kappa shape index (κ1) is 24.7. The molecule has 0 radical (unpaired) electrons. The number of fused-ring (bicyclic) bond motifs is 1. The van der Waals surface area contributed by atoms with Crippen LogP contribution in [-0.2, 0) is 34.1 Å². The Morgan fingerprint density at radius 2 is 1.65 bits per heavy atom. The van der Waals surface area contributed by atoms with E-state index >= 15 is 0 Å². The van der Waals surface area contributed by atoms with Gasteiger partial charge >= 0.3 is 0 Å². The van der Waals surface area contributed by atoms with Crippen LogP contribution in [0.3, 0.4) is 0 Å². The predicted octanol–water partition coefficient (Wildman–Crippen LogP) is 4.71. The van der Waals surface area contributed by atoms with Gasteiger partial charge in [0.05, 0.1) is 17.7 Å². The fraction of sp³-hybridized carbons (Fsp3) is 0.269. The van der Waals surface area contributed by atoms with Crippen molar-refractivity contribution in [1.29, 1.82) is 0 Å². The quantitative estimate of drug-likeness (QED) is 0.373. The molecule has 0 heterocycles. The van der Waals surface area contributed by atoms with Crippen molar-refractivity contribution in [2.24, 2.45) is 0 Å².